The third-order valence-electron chi connectivity index (χ3n) is 3.26. The summed E-state index contributed by atoms with van der Waals surface area (Å²) < 4.78 is 0. The molecule has 0 spiro atoms. The largest absolute Gasteiger partial charge is 0.480 e. The van der Waals surface area contributed by atoms with Crippen LogP contribution >= 0.6 is 11.3 Å². The fourth-order valence-electron chi connectivity index (χ4n) is 1.98. The Bertz CT molecular complexity index is 482. The molecule has 3 N–H and O–H groups in total. The third kappa shape index (κ3) is 3.23. The van der Waals surface area contributed by atoms with Gasteiger partial charge < -0.3 is 15.7 Å². The summed E-state index contributed by atoms with van der Waals surface area (Å²) in [7, 11) is 0. The molecule has 1 fully saturated rings. The number of rotatable bonds is 5. The van der Waals surface area contributed by atoms with Crippen molar-refractivity contribution in [2.24, 2.45) is 0 Å². The van der Waals surface area contributed by atoms with E-state index in [2.05, 4.69) is 15.6 Å². The number of nitrogens with one attached hydrogen (secondary N) is 2. The van der Waals surface area contributed by atoms with Crippen LogP contribution in [0.25, 0.3) is 0 Å². The van der Waals surface area contributed by atoms with Gasteiger partial charge in [0.05, 0.1) is 5.01 Å². The summed E-state index contributed by atoms with van der Waals surface area (Å²) in [5.41, 5.74) is -0.0780. The molecule has 1 aromatic rings. The summed E-state index contributed by atoms with van der Waals surface area (Å²) >= 11 is 1.56. The summed E-state index contributed by atoms with van der Waals surface area (Å²) in [4.78, 5) is 27.0. The van der Waals surface area contributed by atoms with Crippen molar-refractivity contribution in [3.63, 3.8) is 0 Å². The molecule has 0 bridgehead atoms. The van der Waals surface area contributed by atoms with Gasteiger partial charge >= 0.3 is 12.0 Å². The average Bonchev–Trinajstić information content (AvgIpc) is 2.69. The molecule has 1 aromatic heterocycles. The molecule has 0 saturated heterocycles. The van der Waals surface area contributed by atoms with Crippen LogP contribution in [0.2, 0.25) is 0 Å². The molecule has 104 valence electrons. The molecule has 1 heterocycles. The molecule has 1 aliphatic rings. The van der Waals surface area contributed by atoms with Gasteiger partial charge in [0, 0.05) is 24.0 Å². The predicted molar refractivity (Wildman–Crippen MR) is 71.3 cm³/mol. The van der Waals surface area contributed by atoms with E-state index in [1.807, 2.05) is 12.3 Å². The van der Waals surface area contributed by atoms with Crippen LogP contribution in [0.1, 0.15) is 30.0 Å². The van der Waals surface area contributed by atoms with Crippen LogP contribution in [-0.4, -0.2) is 34.2 Å². The zero-order chi connectivity index (χ0) is 13.9. The van der Waals surface area contributed by atoms with Gasteiger partial charge in [0.25, 0.3) is 0 Å². The summed E-state index contributed by atoms with van der Waals surface area (Å²) in [6, 6.07) is -0.421. The van der Waals surface area contributed by atoms with Crippen LogP contribution < -0.4 is 10.6 Å². The summed E-state index contributed by atoms with van der Waals surface area (Å²) in [5, 5.41) is 17.2. The number of carbonyl (C=O) groups excluding carboxylic acids is 1. The molecule has 7 heteroatoms. The highest BCUT2D eigenvalue weighted by Crippen LogP contribution is 2.31. The lowest BCUT2D eigenvalue weighted by Gasteiger charge is -2.38. The van der Waals surface area contributed by atoms with Crippen molar-refractivity contribution in [1.82, 2.24) is 15.6 Å². The number of aromatic nitrogens is 1. The highest BCUT2D eigenvalue weighted by Gasteiger charge is 2.45. The number of urea groups is 1. The lowest BCUT2D eigenvalue weighted by molar-refractivity contribution is -0.148. The monoisotopic (exact) mass is 283 g/mol. The van der Waals surface area contributed by atoms with E-state index in [9.17, 15) is 9.59 Å². The van der Waals surface area contributed by atoms with Crippen molar-refractivity contribution in [2.75, 3.05) is 6.54 Å². The standard InChI is InChI=1S/C12H17N3O3S/c1-8-7-19-9(14-8)3-6-13-11(18)15-12(10(16)17)4-2-5-12/h7H,2-6H2,1H3,(H,16,17)(H2,13,15,18). The molecule has 0 atom stereocenters. The number of carbonyl (C=O) groups is 2. The van der Waals surface area contributed by atoms with E-state index < -0.39 is 17.5 Å². The average molecular weight is 283 g/mol. The molecule has 1 aliphatic carbocycles. The number of carboxylic acids is 1. The number of nitrogens with zero attached hydrogens (tertiary/aromatic N) is 1. The molecule has 2 rings (SSSR count). The lowest BCUT2D eigenvalue weighted by atomic mass is 9.77. The number of aryl methyl sites for hydroxylation is 1. The van der Waals surface area contributed by atoms with Crippen LogP contribution in [0, 0.1) is 6.92 Å². The Balaban J connectivity index is 1.74. The van der Waals surface area contributed by atoms with Crippen molar-refractivity contribution in [3.05, 3.63) is 16.1 Å². The molecule has 19 heavy (non-hydrogen) atoms. The van der Waals surface area contributed by atoms with Gasteiger partial charge in [0.15, 0.2) is 0 Å². The van der Waals surface area contributed by atoms with Gasteiger partial charge in [-0.1, -0.05) is 0 Å². The van der Waals surface area contributed by atoms with Gasteiger partial charge in [0.1, 0.15) is 5.54 Å². The van der Waals surface area contributed by atoms with Crippen molar-refractivity contribution < 1.29 is 14.7 Å². The molecule has 2 amide bonds. The van der Waals surface area contributed by atoms with Gasteiger partial charge in [0.2, 0.25) is 0 Å². The van der Waals surface area contributed by atoms with Gasteiger partial charge in [-0.2, -0.15) is 0 Å². The topological polar surface area (TPSA) is 91.3 Å². The van der Waals surface area contributed by atoms with Crippen molar-refractivity contribution in [3.8, 4) is 0 Å². The Kier molecular flexibility index (Phi) is 4.04. The molecule has 0 radical (unpaired) electrons. The number of carboxylic acid groups (broad SMARTS) is 1. The van der Waals surface area contributed by atoms with Crippen LogP contribution in [0.5, 0.6) is 0 Å². The zero-order valence-corrected chi connectivity index (χ0v) is 11.5. The second kappa shape index (κ2) is 5.56. The van der Waals surface area contributed by atoms with E-state index in [0.29, 0.717) is 25.8 Å². The van der Waals surface area contributed by atoms with E-state index in [1.54, 1.807) is 11.3 Å². The highest BCUT2D eigenvalue weighted by atomic mass is 32.1. The van der Waals surface area contributed by atoms with Gasteiger partial charge in [-0.3, -0.25) is 0 Å². The number of amides is 2. The Hall–Kier alpha value is -1.63. The molecule has 0 aliphatic heterocycles. The first-order valence-electron chi connectivity index (χ1n) is 6.22. The predicted octanol–water partition coefficient (Wildman–Crippen LogP) is 1.30. The quantitative estimate of drug-likeness (QED) is 0.759. The normalized spacial score (nSPS) is 16.5. The maximum atomic E-state index is 11.6. The van der Waals surface area contributed by atoms with Gasteiger partial charge in [-0.15, -0.1) is 11.3 Å². The fourth-order valence-corrected chi connectivity index (χ4v) is 2.76. The summed E-state index contributed by atoms with van der Waals surface area (Å²) in [6.07, 6.45) is 2.50. The Morgan fingerprint density at radius 3 is 2.74 bits per heavy atom. The molecule has 0 aromatic carbocycles. The van der Waals surface area contributed by atoms with Crippen LogP contribution in [0.4, 0.5) is 4.79 Å². The van der Waals surface area contributed by atoms with E-state index in [4.69, 9.17) is 5.11 Å². The summed E-state index contributed by atoms with van der Waals surface area (Å²) in [5.74, 6) is -0.954. The highest BCUT2D eigenvalue weighted by molar-refractivity contribution is 7.09. The van der Waals surface area contributed by atoms with Gasteiger partial charge in [-0.25, -0.2) is 14.6 Å². The SMILES string of the molecule is Cc1csc(CCNC(=O)NC2(C(=O)O)CCC2)n1. The number of aliphatic carboxylic acids is 1. The van der Waals surface area contributed by atoms with E-state index in [-0.39, 0.29) is 0 Å². The third-order valence-corrected chi connectivity index (χ3v) is 4.29. The minimum Gasteiger partial charge on any atom is -0.480 e. The van der Waals surface area contributed by atoms with E-state index >= 15 is 0 Å². The van der Waals surface area contributed by atoms with E-state index in [0.717, 1.165) is 17.1 Å². The van der Waals surface area contributed by atoms with Crippen molar-refractivity contribution >= 4 is 23.3 Å². The Morgan fingerprint density at radius 1 is 1.53 bits per heavy atom. The maximum absolute atomic E-state index is 11.6. The van der Waals surface area contributed by atoms with Crippen LogP contribution in [-0.2, 0) is 11.2 Å². The second-order valence-corrected chi connectivity index (χ2v) is 5.70. The van der Waals surface area contributed by atoms with Gasteiger partial charge in [-0.05, 0) is 26.2 Å². The lowest BCUT2D eigenvalue weighted by Crippen LogP contribution is -2.61. The Labute approximate surface area is 115 Å². The van der Waals surface area contributed by atoms with Crippen molar-refractivity contribution in [1.29, 1.82) is 0 Å². The number of hydrogen-bond donors (Lipinski definition) is 3. The molecular weight excluding hydrogens is 266 g/mol. The molecule has 1 saturated carbocycles. The van der Waals surface area contributed by atoms with Crippen LogP contribution in [0.15, 0.2) is 5.38 Å². The first kappa shape index (κ1) is 13.8. The zero-order valence-electron chi connectivity index (χ0n) is 10.7. The molecule has 6 nitrogen and oxygen atoms in total. The molecule has 0 unspecified atom stereocenters. The fraction of sp³-hybridized carbons (Fsp3) is 0.583. The van der Waals surface area contributed by atoms with Crippen LogP contribution in [0.3, 0.4) is 0 Å². The first-order valence-corrected chi connectivity index (χ1v) is 7.10. The van der Waals surface area contributed by atoms with E-state index in [1.165, 1.54) is 0 Å². The van der Waals surface area contributed by atoms with Crippen molar-refractivity contribution in [2.45, 2.75) is 38.1 Å². The minimum absolute atomic E-state index is 0.421. The second-order valence-electron chi connectivity index (χ2n) is 4.75. The number of thiazole rings is 1. The smallest absolute Gasteiger partial charge is 0.329 e. The summed E-state index contributed by atoms with van der Waals surface area (Å²) in [6.45, 7) is 2.38. The Morgan fingerprint density at radius 2 is 2.26 bits per heavy atom. The number of hydrogen-bond acceptors (Lipinski definition) is 4. The molecular formula is C12H17N3O3S. The first-order chi connectivity index (χ1) is 9.02. The minimum atomic E-state index is -1.05. The maximum Gasteiger partial charge on any atom is 0.329 e.